The second-order valence-corrected chi connectivity index (χ2v) is 5.60. The molecule has 5 heteroatoms. The number of halogens is 1. The van der Waals surface area contributed by atoms with Gasteiger partial charge in [-0.05, 0) is 44.6 Å². The van der Waals surface area contributed by atoms with Crippen LogP contribution in [-0.4, -0.2) is 47.5 Å². The second kappa shape index (κ2) is 5.91. The molecule has 1 heterocycles. The summed E-state index contributed by atoms with van der Waals surface area (Å²) in [5, 5.41) is 19.7. The number of aromatic hydroxyl groups is 1. The first-order valence-corrected chi connectivity index (χ1v) is 6.87. The molecule has 0 amide bonds. The highest BCUT2D eigenvalue weighted by molar-refractivity contribution is 9.10. The fourth-order valence-corrected chi connectivity index (χ4v) is 2.67. The van der Waals surface area contributed by atoms with Gasteiger partial charge in [0, 0.05) is 10.5 Å². The summed E-state index contributed by atoms with van der Waals surface area (Å²) in [4.78, 5) is 2.15. The molecule has 0 aliphatic carbocycles. The van der Waals surface area contributed by atoms with E-state index in [0.29, 0.717) is 5.75 Å². The van der Waals surface area contributed by atoms with E-state index in [9.17, 15) is 10.2 Å². The molecule has 1 aromatic carbocycles. The van der Waals surface area contributed by atoms with Crippen LogP contribution in [0.3, 0.4) is 0 Å². The van der Waals surface area contributed by atoms with Crippen molar-refractivity contribution in [1.82, 2.24) is 4.90 Å². The summed E-state index contributed by atoms with van der Waals surface area (Å²) in [6.45, 7) is 1.22. The van der Waals surface area contributed by atoms with Gasteiger partial charge in [0.25, 0.3) is 0 Å². The Labute approximate surface area is 115 Å². The van der Waals surface area contributed by atoms with Gasteiger partial charge in [-0.3, -0.25) is 0 Å². The normalized spacial score (nSPS) is 22.1. The summed E-state index contributed by atoms with van der Waals surface area (Å²) in [5.41, 5.74) is 0. The highest BCUT2D eigenvalue weighted by atomic mass is 79.9. The van der Waals surface area contributed by atoms with Gasteiger partial charge in [-0.2, -0.15) is 0 Å². The highest BCUT2D eigenvalue weighted by Gasteiger charge is 2.28. The topological polar surface area (TPSA) is 52.9 Å². The zero-order valence-corrected chi connectivity index (χ0v) is 11.9. The van der Waals surface area contributed by atoms with E-state index in [0.717, 1.165) is 23.9 Å². The first kappa shape index (κ1) is 13.6. The van der Waals surface area contributed by atoms with Crippen LogP contribution < -0.4 is 4.74 Å². The van der Waals surface area contributed by atoms with Crippen molar-refractivity contribution in [1.29, 1.82) is 0 Å². The standard InChI is InChI=1S/C13H18BrNO3/c1-15-6-2-3-10(15)12(17)8-18-13-5-4-9(14)7-11(13)16/h4-5,7,10,12,16-17H,2-3,6,8H2,1H3/t10-,12+/m0/s1. The summed E-state index contributed by atoms with van der Waals surface area (Å²) in [6.07, 6.45) is 1.58. The van der Waals surface area contributed by atoms with Crippen LogP contribution in [0.25, 0.3) is 0 Å². The van der Waals surface area contributed by atoms with Gasteiger partial charge < -0.3 is 19.8 Å². The number of hydrogen-bond donors (Lipinski definition) is 2. The average Bonchev–Trinajstić information content (AvgIpc) is 2.74. The first-order valence-electron chi connectivity index (χ1n) is 6.07. The van der Waals surface area contributed by atoms with E-state index in [1.165, 1.54) is 0 Å². The van der Waals surface area contributed by atoms with E-state index >= 15 is 0 Å². The van der Waals surface area contributed by atoms with Crippen LogP contribution in [-0.2, 0) is 0 Å². The van der Waals surface area contributed by atoms with E-state index in [-0.39, 0.29) is 18.4 Å². The second-order valence-electron chi connectivity index (χ2n) is 4.68. The Bertz CT molecular complexity index is 413. The van der Waals surface area contributed by atoms with Gasteiger partial charge in [0.1, 0.15) is 12.7 Å². The number of ether oxygens (including phenoxy) is 1. The molecule has 2 rings (SSSR count). The Morgan fingerprint density at radius 2 is 2.33 bits per heavy atom. The molecule has 0 saturated carbocycles. The van der Waals surface area contributed by atoms with Crippen molar-refractivity contribution in [3.05, 3.63) is 22.7 Å². The van der Waals surface area contributed by atoms with Gasteiger partial charge in [0.05, 0.1) is 0 Å². The first-order chi connectivity index (χ1) is 8.58. The molecule has 1 aliphatic heterocycles. The van der Waals surface area contributed by atoms with Crippen LogP contribution in [0.2, 0.25) is 0 Å². The van der Waals surface area contributed by atoms with E-state index < -0.39 is 6.10 Å². The number of phenols is 1. The largest absolute Gasteiger partial charge is 0.504 e. The van der Waals surface area contributed by atoms with Crippen molar-refractivity contribution in [2.75, 3.05) is 20.2 Å². The summed E-state index contributed by atoms with van der Waals surface area (Å²) < 4.78 is 6.26. The molecule has 0 aromatic heterocycles. The predicted molar refractivity (Wildman–Crippen MR) is 73.0 cm³/mol. The third-order valence-corrected chi connectivity index (χ3v) is 3.84. The number of phenolic OH excluding ortho intramolecular Hbond substituents is 1. The number of rotatable bonds is 4. The zero-order chi connectivity index (χ0) is 13.1. The van der Waals surface area contributed by atoms with Crippen molar-refractivity contribution in [3.63, 3.8) is 0 Å². The van der Waals surface area contributed by atoms with Gasteiger partial charge in [0.15, 0.2) is 11.5 Å². The van der Waals surface area contributed by atoms with Crippen molar-refractivity contribution >= 4 is 15.9 Å². The highest BCUT2D eigenvalue weighted by Crippen LogP contribution is 2.29. The Balaban J connectivity index is 1.90. The number of nitrogens with zero attached hydrogens (tertiary/aromatic N) is 1. The molecule has 2 atom stereocenters. The molecular weight excluding hydrogens is 298 g/mol. The summed E-state index contributed by atoms with van der Waals surface area (Å²) in [7, 11) is 2.01. The monoisotopic (exact) mass is 315 g/mol. The fourth-order valence-electron chi connectivity index (χ4n) is 2.32. The Morgan fingerprint density at radius 3 is 2.94 bits per heavy atom. The quantitative estimate of drug-likeness (QED) is 0.892. The van der Waals surface area contributed by atoms with Crippen LogP contribution in [0.1, 0.15) is 12.8 Å². The molecule has 4 nitrogen and oxygen atoms in total. The number of aliphatic hydroxyl groups excluding tert-OH is 1. The predicted octanol–water partition coefficient (Wildman–Crippen LogP) is 1.99. The van der Waals surface area contributed by atoms with E-state index in [2.05, 4.69) is 20.8 Å². The molecule has 0 unspecified atom stereocenters. The van der Waals surface area contributed by atoms with E-state index in [1.54, 1.807) is 18.2 Å². The van der Waals surface area contributed by atoms with E-state index in [4.69, 9.17) is 4.74 Å². The minimum Gasteiger partial charge on any atom is -0.504 e. The molecule has 2 N–H and O–H groups in total. The van der Waals surface area contributed by atoms with Crippen LogP contribution in [0.5, 0.6) is 11.5 Å². The lowest BCUT2D eigenvalue weighted by atomic mass is 10.1. The number of likely N-dealkylation sites (tertiary alicyclic amines) is 1. The molecule has 1 fully saturated rings. The Hall–Kier alpha value is -0.780. The Morgan fingerprint density at radius 1 is 1.56 bits per heavy atom. The molecular formula is C13H18BrNO3. The lowest BCUT2D eigenvalue weighted by molar-refractivity contribution is 0.0434. The van der Waals surface area contributed by atoms with Crippen molar-refractivity contribution in [3.8, 4) is 11.5 Å². The maximum atomic E-state index is 10.1. The summed E-state index contributed by atoms with van der Waals surface area (Å²) in [5.74, 6) is 0.481. The fraction of sp³-hybridized carbons (Fsp3) is 0.538. The molecule has 18 heavy (non-hydrogen) atoms. The minimum absolute atomic E-state index is 0.0800. The summed E-state index contributed by atoms with van der Waals surface area (Å²) >= 11 is 3.27. The molecule has 0 bridgehead atoms. The smallest absolute Gasteiger partial charge is 0.161 e. The molecule has 1 saturated heterocycles. The third kappa shape index (κ3) is 3.16. The van der Waals surface area contributed by atoms with Gasteiger partial charge in [0.2, 0.25) is 0 Å². The maximum Gasteiger partial charge on any atom is 0.161 e. The summed E-state index contributed by atoms with van der Waals surface area (Å²) in [6, 6.07) is 5.21. The number of benzene rings is 1. The Kier molecular flexibility index (Phi) is 4.48. The zero-order valence-electron chi connectivity index (χ0n) is 10.3. The molecule has 100 valence electrons. The lowest BCUT2D eigenvalue weighted by Gasteiger charge is -2.25. The SMILES string of the molecule is CN1CCC[C@H]1[C@H](O)COc1ccc(Br)cc1O. The lowest BCUT2D eigenvalue weighted by Crippen LogP contribution is -2.39. The van der Waals surface area contributed by atoms with E-state index in [1.807, 2.05) is 7.05 Å². The molecule has 0 spiro atoms. The maximum absolute atomic E-state index is 10.1. The van der Waals surface area contributed by atoms with Crippen molar-refractivity contribution < 1.29 is 14.9 Å². The van der Waals surface area contributed by atoms with Crippen LogP contribution in [0.4, 0.5) is 0 Å². The van der Waals surface area contributed by atoms with Gasteiger partial charge in [-0.25, -0.2) is 0 Å². The van der Waals surface area contributed by atoms with Gasteiger partial charge in [-0.15, -0.1) is 0 Å². The third-order valence-electron chi connectivity index (χ3n) is 3.35. The van der Waals surface area contributed by atoms with Crippen LogP contribution >= 0.6 is 15.9 Å². The van der Waals surface area contributed by atoms with Gasteiger partial charge in [-0.1, -0.05) is 15.9 Å². The number of hydrogen-bond acceptors (Lipinski definition) is 4. The molecule has 0 radical (unpaired) electrons. The minimum atomic E-state index is -0.527. The van der Waals surface area contributed by atoms with Gasteiger partial charge >= 0.3 is 0 Å². The molecule has 1 aromatic rings. The number of likely N-dealkylation sites (N-methyl/N-ethyl adjacent to an activating group) is 1. The number of aliphatic hydroxyl groups is 1. The van der Waals surface area contributed by atoms with Crippen molar-refractivity contribution in [2.45, 2.75) is 25.0 Å². The van der Waals surface area contributed by atoms with Crippen LogP contribution in [0, 0.1) is 0 Å². The average molecular weight is 316 g/mol. The van der Waals surface area contributed by atoms with Crippen LogP contribution in [0.15, 0.2) is 22.7 Å². The van der Waals surface area contributed by atoms with Crippen molar-refractivity contribution in [2.24, 2.45) is 0 Å². The molecule has 1 aliphatic rings.